The van der Waals surface area contributed by atoms with Crippen LogP contribution in [-0.4, -0.2) is 19.6 Å². The van der Waals surface area contributed by atoms with Crippen molar-refractivity contribution in [3.05, 3.63) is 52.1 Å². The molecule has 0 bridgehead atoms. The first-order chi connectivity index (χ1) is 11.7. The van der Waals surface area contributed by atoms with Crippen LogP contribution in [0.5, 0.6) is 0 Å². The van der Waals surface area contributed by atoms with Gasteiger partial charge in [0.1, 0.15) is 5.52 Å². The van der Waals surface area contributed by atoms with Gasteiger partial charge in [0.25, 0.3) is 5.56 Å². The van der Waals surface area contributed by atoms with Crippen LogP contribution in [0.2, 0.25) is 0 Å². The Morgan fingerprint density at radius 1 is 1.25 bits per heavy atom. The van der Waals surface area contributed by atoms with Crippen molar-refractivity contribution in [1.29, 1.82) is 0 Å². The molecular weight excluding hydrogens is 300 g/mol. The second-order valence-corrected chi connectivity index (χ2v) is 6.65. The van der Waals surface area contributed by atoms with Crippen molar-refractivity contribution in [2.24, 2.45) is 0 Å². The minimum Gasteiger partial charge on any atom is -0.265 e. The third-order valence-corrected chi connectivity index (χ3v) is 4.74. The lowest BCUT2D eigenvalue weighted by Gasteiger charge is -2.10. The average molecular weight is 322 g/mol. The smallest absolute Gasteiger partial charge is 0.265 e. The zero-order valence-electron chi connectivity index (χ0n) is 14.2. The van der Waals surface area contributed by atoms with E-state index in [-0.39, 0.29) is 5.56 Å². The fraction of sp³-hybridized carbons (Fsp3) is 0.421. The lowest BCUT2D eigenvalue weighted by atomic mass is 10.1. The Kier molecular flexibility index (Phi) is 3.71. The lowest BCUT2D eigenvalue weighted by molar-refractivity contribution is 0.537. The van der Waals surface area contributed by atoms with Gasteiger partial charge < -0.3 is 0 Å². The summed E-state index contributed by atoms with van der Waals surface area (Å²) in [5, 5.41) is 10.1. The van der Waals surface area contributed by atoms with E-state index in [1.807, 2.05) is 37.4 Å². The summed E-state index contributed by atoms with van der Waals surface area (Å²) in [7, 11) is 0. The second kappa shape index (κ2) is 5.89. The van der Waals surface area contributed by atoms with Crippen LogP contribution in [0, 0.1) is 6.92 Å². The summed E-state index contributed by atoms with van der Waals surface area (Å²) in [5.41, 5.74) is 3.73. The van der Waals surface area contributed by atoms with Crippen molar-refractivity contribution in [3.63, 3.8) is 0 Å². The third kappa shape index (κ3) is 2.44. The van der Waals surface area contributed by atoms with Gasteiger partial charge in [0.2, 0.25) is 0 Å². The highest BCUT2D eigenvalue weighted by molar-refractivity contribution is 5.82. The highest BCUT2D eigenvalue weighted by Gasteiger charge is 2.30. The van der Waals surface area contributed by atoms with E-state index in [0.29, 0.717) is 18.0 Å². The zero-order valence-corrected chi connectivity index (χ0v) is 14.2. The van der Waals surface area contributed by atoms with Crippen LogP contribution in [0.3, 0.4) is 0 Å². The van der Waals surface area contributed by atoms with E-state index in [9.17, 15) is 4.79 Å². The fourth-order valence-electron chi connectivity index (χ4n) is 3.19. The predicted molar refractivity (Wildman–Crippen MR) is 94.7 cm³/mol. The molecule has 124 valence electrons. The molecule has 1 fully saturated rings. The van der Waals surface area contributed by atoms with Crippen molar-refractivity contribution in [1.82, 2.24) is 19.6 Å². The zero-order chi connectivity index (χ0) is 16.7. The number of fused-ring (bicyclic) bond motifs is 1. The monoisotopic (exact) mass is 322 g/mol. The number of aryl methyl sites for hydroxylation is 2. The lowest BCUT2D eigenvalue weighted by Crippen LogP contribution is -2.26. The minimum absolute atomic E-state index is 0.0383. The molecule has 0 unspecified atom stereocenters. The molecule has 5 heteroatoms. The van der Waals surface area contributed by atoms with Crippen LogP contribution in [0.25, 0.3) is 16.6 Å². The molecule has 2 aromatic heterocycles. The van der Waals surface area contributed by atoms with Crippen molar-refractivity contribution in [2.45, 2.75) is 52.0 Å². The van der Waals surface area contributed by atoms with Gasteiger partial charge in [-0.05, 0) is 37.8 Å². The Morgan fingerprint density at radius 3 is 2.75 bits per heavy atom. The molecule has 0 spiro atoms. The molecule has 3 aromatic rings. The van der Waals surface area contributed by atoms with E-state index in [1.54, 1.807) is 9.36 Å². The van der Waals surface area contributed by atoms with E-state index < -0.39 is 0 Å². The van der Waals surface area contributed by atoms with Gasteiger partial charge in [-0.1, -0.05) is 31.5 Å². The van der Waals surface area contributed by atoms with Crippen LogP contribution in [0.1, 0.15) is 49.8 Å². The standard InChI is InChI=1S/C19H22N4O/c1-3-4-11-22-19(24)18-15(17(21-22)14-9-10-14)12-20-23(18)16-8-6-5-7-13(16)2/h5-8,12,14H,3-4,9-11H2,1-2H3. The van der Waals surface area contributed by atoms with Gasteiger partial charge in [0.05, 0.1) is 17.6 Å². The highest BCUT2D eigenvalue weighted by atomic mass is 16.1. The van der Waals surface area contributed by atoms with Crippen molar-refractivity contribution < 1.29 is 0 Å². The molecular formula is C19H22N4O. The molecule has 0 N–H and O–H groups in total. The molecule has 1 aliphatic rings. The molecule has 0 radical (unpaired) electrons. The molecule has 0 aliphatic heterocycles. The first-order valence-electron chi connectivity index (χ1n) is 8.75. The Morgan fingerprint density at radius 2 is 2.04 bits per heavy atom. The maximum atomic E-state index is 13.0. The van der Waals surface area contributed by atoms with Gasteiger partial charge in [0.15, 0.2) is 0 Å². The van der Waals surface area contributed by atoms with Gasteiger partial charge in [-0.25, -0.2) is 9.36 Å². The SMILES string of the molecule is CCCCn1nc(C2CC2)c2cnn(-c3ccccc3C)c2c1=O. The summed E-state index contributed by atoms with van der Waals surface area (Å²) < 4.78 is 3.44. The Balaban J connectivity index is 1.98. The summed E-state index contributed by atoms with van der Waals surface area (Å²) in [6, 6.07) is 8.03. The van der Waals surface area contributed by atoms with E-state index >= 15 is 0 Å². The topological polar surface area (TPSA) is 52.7 Å². The Hall–Kier alpha value is -2.43. The van der Waals surface area contributed by atoms with Crippen LogP contribution in [0.4, 0.5) is 0 Å². The number of hydrogen-bond acceptors (Lipinski definition) is 3. The molecule has 4 rings (SSSR count). The molecule has 5 nitrogen and oxygen atoms in total. The molecule has 0 saturated heterocycles. The number of unbranched alkanes of at least 4 members (excludes halogenated alkanes) is 1. The molecule has 1 aromatic carbocycles. The molecule has 1 saturated carbocycles. The predicted octanol–water partition coefficient (Wildman–Crippen LogP) is 3.57. The van der Waals surface area contributed by atoms with E-state index in [0.717, 1.165) is 48.0 Å². The molecule has 1 aliphatic carbocycles. The van der Waals surface area contributed by atoms with Crippen molar-refractivity contribution >= 4 is 10.9 Å². The summed E-state index contributed by atoms with van der Waals surface area (Å²) >= 11 is 0. The Bertz CT molecular complexity index is 950. The first kappa shape index (κ1) is 15.1. The summed E-state index contributed by atoms with van der Waals surface area (Å²) in [5.74, 6) is 0.482. The maximum absolute atomic E-state index is 13.0. The molecule has 0 atom stereocenters. The van der Waals surface area contributed by atoms with Gasteiger partial charge in [0, 0.05) is 17.8 Å². The van der Waals surface area contributed by atoms with Gasteiger partial charge in [-0.2, -0.15) is 10.2 Å². The minimum atomic E-state index is -0.0383. The first-order valence-corrected chi connectivity index (χ1v) is 8.75. The summed E-state index contributed by atoms with van der Waals surface area (Å²) in [6.07, 6.45) is 6.13. The second-order valence-electron chi connectivity index (χ2n) is 6.65. The molecule has 24 heavy (non-hydrogen) atoms. The van der Waals surface area contributed by atoms with E-state index in [2.05, 4.69) is 17.1 Å². The number of hydrogen-bond donors (Lipinski definition) is 0. The number of para-hydroxylation sites is 1. The fourth-order valence-corrected chi connectivity index (χ4v) is 3.19. The van der Waals surface area contributed by atoms with Crippen molar-refractivity contribution in [2.75, 3.05) is 0 Å². The van der Waals surface area contributed by atoms with Crippen molar-refractivity contribution in [3.8, 4) is 5.69 Å². The average Bonchev–Trinajstić information content (AvgIpc) is 3.33. The highest BCUT2D eigenvalue weighted by Crippen LogP contribution is 2.41. The normalized spacial score (nSPS) is 14.4. The molecule has 0 amide bonds. The molecule has 2 heterocycles. The van der Waals surface area contributed by atoms with Gasteiger partial charge >= 0.3 is 0 Å². The number of aromatic nitrogens is 4. The quantitative estimate of drug-likeness (QED) is 0.721. The van der Waals surface area contributed by atoms with E-state index in [4.69, 9.17) is 0 Å². The largest absolute Gasteiger partial charge is 0.293 e. The number of nitrogens with zero attached hydrogens (tertiary/aromatic N) is 4. The van der Waals surface area contributed by atoms with Crippen LogP contribution in [0.15, 0.2) is 35.3 Å². The van der Waals surface area contributed by atoms with Gasteiger partial charge in [-0.3, -0.25) is 4.79 Å². The van der Waals surface area contributed by atoms with Crippen LogP contribution >= 0.6 is 0 Å². The van der Waals surface area contributed by atoms with Crippen LogP contribution in [-0.2, 0) is 6.54 Å². The summed E-state index contributed by atoms with van der Waals surface area (Å²) in [6.45, 7) is 4.84. The van der Waals surface area contributed by atoms with E-state index in [1.165, 1.54) is 0 Å². The third-order valence-electron chi connectivity index (χ3n) is 4.74. The van der Waals surface area contributed by atoms with Gasteiger partial charge in [-0.15, -0.1) is 0 Å². The number of benzene rings is 1. The Labute approximate surface area is 140 Å². The summed E-state index contributed by atoms with van der Waals surface area (Å²) in [4.78, 5) is 13.0. The van der Waals surface area contributed by atoms with Crippen LogP contribution < -0.4 is 5.56 Å². The number of rotatable bonds is 5. The maximum Gasteiger partial charge on any atom is 0.293 e.